The predicted octanol–water partition coefficient (Wildman–Crippen LogP) is 10.7. The summed E-state index contributed by atoms with van der Waals surface area (Å²) in [5, 5.41) is 0. The molecule has 4 aromatic carbocycles. The van der Waals surface area contributed by atoms with E-state index in [9.17, 15) is 57.5 Å². The number of hydrogen-bond acceptors (Lipinski definition) is 28. The summed E-state index contributed by atoms with van der Waals surface area (Å²) in [4.78, 5) is 150. The number of carbonyl (C=O) groups excluding carboxylic acids is 12. The normalized spacial score (nSPS) is 11.5. The average molecular weight is 1610 g/mol. The zero-order chi connectivity index (χ0) is 84.9. The van der Waals surface area contributed by atoms with Crippen LogP contribution in [-0.2, 0) is 166 Å². The lowest BCUT2D eigenvalue weighted by molar-refractivity contribution is -0.144. The van der Waals surface area contributed by atoms with Gasteiger partial charge in [-0.15, -0.1) is 0 Å². The highest BCUT2D eigenvalue weighted by atomic mass is 16.6. The van der Waals surface area contributed by atoms with Crippen LogP contribution in [0.3, 0.4) is 0 Å². The standard InChI is InChI=1S/C88H104O28/c1-13-17-21-61-41-65-49-67-43-62(22-18-14-2)45-69(82(67)106-34-38-110-86(98)58(6)54-114-78(94)30-26-74(90)102-10)51-71-47-64(24-20-16-4)48-72(84(71)108-36-40-112-88(100)60(8)56-116-80(96)32-28-76(92)104-12)52-70-46-63(23-19-15-3)44-68(83(70)107-35-39-111-87(99)59(7)55-115-79(95)31-27-75(91)103-11)50-66(42-61)81(65)105-33-37-109-85(97)57(5)53-113-77(93)29-25-73(89)101-9/h25-32,41-48H,5-8,13-24,33-40,49-56H2,1-4,9-12H3/b29-25-,30-26-,31-27-,32-28-. The molecule has 624 valence electrons. The summed E-state index contributed by atoms with van der Waals surface area (Å²) in [7, 11) is 4.55. The first-order valence-electron chi connectivity index (χ1n) is 38.0. The summed E-state index contributed by atoms with van der Waals surface area (Å²) in [6, 6.07) is 16.6. The molecular weight excluding hydrogens is 1500 g/mol. The van der Waals surface area contributed by atoms with Crippen molar-refractivity contribution in [3.63, 3.8) is 0 Å². The highest BCUT2D eigenvalue weighted by Gasteiger charge is 2.27. The molecule has 5 rings (SSSR count). The van der Waals surface area contributed by atoms with Gasteiger partial charge in [-0.25, -0.2) is 57.5 Å². The lowest BCUT2D eigenvalue weighted by Crippen LogP contribution is -2.19. The summed E-state index contributed by atoms with van der Waals surface area (Å²) >= 11 is 0. The topological polar surface area (TPSA) is 353 Å². The van der Waals surface area contributed by atoms with Gasteiger partial charge in [-0.05, 0) is 118 Å². The Morgan fingerprint density at radius 3 is 0.603 bits per heavy atom. The number of fused-ring (bicyclic) bond motifs is 8. The summed E-state index contributed by atoms with van der Waals surface area (Å²) in [5.41, 5.74) is 8.44. The monoisotopic (exact) mass is 1610 g/mol. The third kappa shape index (κ3) is 33.4. The van der Waals surface area contributed by atoms with Crippen LogP contribution < -0.4 is 18.9 Å². The number of benzene rings is 4. The molecule has 0 radical (unpaired) electrons. The molecule has 28 heteroatoms. The smallest absolute Gasteiger partial charge is 0.337 e. The SMILES string of the molecule is C=C(COC(=O)/C=C\C(=O)OC)C(=O)OCCOc1c2cc(CCCC)cc1Cc1cc(CCCC)cc(c1OCCOC(=O)C(=C)COC(=O)/C=C\C(=O)OC)Cc1cc(CCCC)cc(c1OCCOC(=O)C(=C)COC(=O)/C=C\C(=O)OC)Cc1cc(CCCC)cc(c1OCCOC(=O)C(=C)COC(=O)/C=C\C(=O)OC)C2. The number of rotatable bonds is 48. The van der Waals surface area contributed by atoms with Crippen LogP contribution in [0, 0.1) is 0 Å². The van der Waals surface area contributed by atoms with E-state index < -0.39 is 98.1 Å². The number of carbonyl (C=O) groups is 12. The number of esters is 12. The fourth-order valence-electron chi connectivity index (χ4n) is 11.4. The Balaban J connectivity index is 1.80. The summed E-state index contributed by atoms with van der Waals surface area (Å²) in [6.07, 6.45) is 16.4. The number of unbranched alkanes of at least 4 members (excludes halogenated alkanes) is 4. The predicted molar refractivity (Wildman–Crippen MR) is 422 cm³/mol. The van der Waals surface area contributed by atoms with Crippen molar-refractivity contribution < 1.29 is 133 Å². The van der Waals surface area contributed by atoms with Gasteiger partial charge in [-0.1, -0.05) is 128 Å². The minimum Gasteiger partial charge on any atom is -0.489 e. The number of methoxy groups -OCH3 is 4. The lowest BCUT2D eigenvalue weighted by Gasteiger charge is -2.25. The molecule has 0 amide bonds. The molecule has 1 aliphatic rings. The van der Waals surface area contributed by atoms with Gasteiger partial charge in [0.2, 0.25) is 0 Å². The Morgan fingerprint density at radius 1 is 0.267 bits per heavy atom. The molecule has 8 bridgehead atoms. The Kier molecular flexibility index (Phi) is 41.7. The van der Waals surface area contributed by atoms with Gasteiger partial charge < -0.3 is 75.8 Å². The Labute approximate surface area is 675 Å². The van der Waals surface area contributed by atoms with E-state index in [0.29, 0.717) is 93.2 Å². The minimum atomic E-state index is -0.941. The molecular formula is C88H104O28. The third-order valence-corrected chi connectivity index (χ3v) is 17.2. The molecule has 0 aromatic heterocycles. The van der Waals surface area contributed by atoms with Gasteiger partial charge in [-0.2, -0.15) is 0 Å². The molecule has 0 fully saturated rings. The van der Waals surface area contributed by atoms with E-state index in [-0.39, 0.29) is 101 Å². The molecule has 0 N–H and O–H groups in total. The van der Waals surface area contributed by atoms with Crippen molar-refractivity contribution in [2.75, 3.05) is 108 Å². The fraction of sp³-hybridized carbons (Fsp3) is 0.409. The second-order valence-electron chi connectivity index (χ2n) is 26.3. The van der Waals surface area contributed by atoms with Crippen molar-refractivity contribution in [2.24, 2.45) is 0 Å². The van der Waals surface area contributed by atoms with Crippen LogP contribution in [0.25, 0.3) is 0 Å². The minimum absolute atomic E-state index is 0.139. The van der Waals surface area contributed by atoms with Crippen molar-refractivity contribution >= 4 is 71.6 Å². The largest absolute Gasteiger partial charge is 0.489 e. The molecule has 28 nitrogen and oxygen atoms in total. The van der Waals surface area contributed by atoms with Crippen molar-refractivity contribution in [1.82, 2.24) is 0 Å². The van der Waals surface area contributed by atoms with Crippen LogP contribution in [0.2, 0.25) is 0 Å². The molecule has 0 unspecified atom stereocenters. The molecule has 1 aliphatic carbocycles. The first-order valence-corrected chi connectivity index (χ1v) is 38.0. The van der Waals surface area contributed by atoms with E-state index in [2.05, 4.69) is 121 Å². The van der Waals surface area contributed by atoms with Crippen LogP contribution in [0.4, 0.5) is 0 Å². The van der Waals surface area contributed by atoms with Gasteiger partial charge in [0.15, 0.2) is 0 Å². The van der Waals surface area contributed by atoms with Crippen LogP contribution >= 0.6 is 0 Å². The molecule has 0 saturated heterocycles. The van der Waals surface area contributed by atoms with Crippen molar-refractivity contribution in [1.29, 1.82) is 0 Å². The molecule has 116 heavy (non-hydrogen) atoms. The maximum Gasteiger partial charge on any atom is 0.337 e. The molecule has 0 saturated carbocycles. The molecule has 0 aliphatic heterocycles. The second-order valence-corrected chi connectivity index (χ2v) is 26.3. The summed E-state index contributed by atoms with van der Waals surface area (Å²) < 4.78 is 89.2. The van der Waals surface area contributed by atoms with Gasteiger partial charge >= 0.3 is 71.6 Å². The first-order chi connectivity index (χ1) is 55.8. The Bertz CT molecular complexity index is 3680. The average Bonchev–Trinajstić information content (AvgIpc) is 0.772. The highest BCUT2D eigenvalue weighted by Crippen LogP contribution is 2.42. The van der Waals surface area contributed by atoms with E-state index >= 15 is 0 Å². The van der Waals surface area contributed by atoms with E-state index in [1.165, 1.54) is 0 Å². The fourth-order valence-corrected chi connectivity index (χ4v) is 11.4. The number of aryl methyl sites for hydroxylation is 4. The summed E-state index contributed by atoms with van der Waals surface area (Å²) in [6.45, 7) is 18.9. The van der Waals surface area contributed by atoms with Crippen LogP contribution in [0.15, 0.2) is 146 Å². The maximum atomic E-state index is 13.5. The van der Waals surface area contributed by atoms with Crippen molar-refractivity contribution in [2.45, 2.75) is 130 Å². The van der Waals surface area contributed by atoms with Crippen molar-refractivity contribution in [3.05, 3.63) is 213 Å². The second kappa shape index (κ2) is 51.4. The van der Waals surface area contributed by atoms with Gasteiger partial charge in [0, 0.05) is 74.3 Å². The van der Waals surface area contributed by atoms with E-state index in [4.69, 9.17) is 56.8 Å². The zero-order valence-corrected chi connectivity index (χ0v) is 67.3. The number of ether oxygens (including phenoxy) is 16. The summed E-state index contributed by atoms with van der Waals surface area (Å²) in [5.74, 6) is -8.89. The Morgan fingerprint density at radius 2 is 0.440 bits per heavy atom. The zero-order valence-electron chi connectivity index (χ0n) is 67.3. The number of hydrogen-bond donors (Lipinski definition) is 0. The third-order valence-electron chi connectivity index (χ3n) is 17.2. The highest BCUT2D eigenvalue weighted by molar-refractivity contribution is 5.95. The van der Waals surface area contributed by atoms with Crippen LogP contribution in [0.1, 0.15) is 146 Å². The van der Waals surface area contributed by atoms with Crippen molar-refractivity contribution in [3.8, 4) is 23.0 Å². The van der Waals surface area contributed by atoms with Gasteiger partial charge in [-0.3, -0.25) is 0 Å². The van der Waals surface area contributed by atoms with Gasteiger partial charge in [0.05, 0.1) is 50.7 Å². The molecule has 0 heterocycles. The van der Waals surface area contributed by atoms with Crippen LogP contribution in [-0.4, -0.2) is 179 Å². The molecule has 0 atom stereocenters. The maximum absolute atomic E-state index is 13.5. The molecule has 0 spiro atoms. The van der Waals surface area contributed by atoms with Gasteiger partial charge in [0.25, 0.3) is 0 Å². The first kappa shape index (κ1) is 94.2. The quantitative estimate of drug-likeness (QED) is 0.0151. The van der Waals surface area contributed by atoms with E-state index in [1.54, 1.807) is 0 Å². The van der Waals surface area contributed by atoms with Gasteiger partial charge in [0.1, 0.15) is 102 Å². The van der Waals surface area contributed by atoms with E-state index in [1.807, 2.05) is 0 Å². The lowest BCUT2D eigenvalue weighted by atomic mass is 9.87. The van der Waals surface area contributed by atoms with Crippen LogP contribution in [0.5, 0.6) is 23.0 Å². The Hall–Kier alpha value is -12.4. The van der Waals surface area contributed by atoms with E-state index in [0.717, 1.165) is 151 Å². The molecule has 4 aromatic rings.